The molecule has 0 aromatic rings. The van der Waals surface area contributed by atoms with Gasteiger partial charge in [0.2, 0.25) is 5.91 Å². The predicted molar refractivity (Wildman–Crippen MR) is 81.8 cm³/mol. The normalized spacial score (nSPS) is 31.8. The summed E-state index contributed by atoms with van der Waals surface area (Å²) >= 11 is 0. The fourth-order valence-electron chi connectivity index (χ4n) is 4.12. The lowest BCUT2D eigenvalue weighted by Gasteiger charge is -2.29. The number of rotatable bonds is 5. The van der Waals surface area contributed by atoms with E-state index >= 15 is 0 Å². The van der Waals surface area contributed by atoms with E-state index in [9.17, 15) is 14.7 Å². The van der Waals surface area contributed by atoms with Crippen LogP contribution in [0.5, 0.6) is 0 Å². The van der Waals surface area contributed by atoms with Gasteiger partial charge in [0.05, 0.1) is 11.8 Å². The van der Waals surface area contributed by atoms with Gasteiger partial charge in [0, 0.05) is 6.04 Å². The summed E-state index contributed by atoms with van der Waals surface area (Å²) in [5, 5.41) is 12.5. The number of aliphatic carboxylic acids is 1. The molecule has 2 aliphatic rings. The molecule has 2 N–H and O–H groups in total. The molecule has 0 radical (unpaired) electrons. The molecule has 4 nitrogen and oxygen atoms in total. The van der Waals surface area contributed by atoms with Crippen molar-refractivity contribution in [2.75, 3.05) is 0 Å². The highest BCUT2D eigenvalue weighted by atomic mass is 16.4. The number of amides is 1. The van der Waals surface area contributed by atoms with Crippen molar-refractivity contribution < 1.29 is 14.7 Å². The van der Waals surface area contributed by atoms with Crippen LogP contribution in [0, 0.1) is 23.7 Å². The lowest BCUT2D eigenvalue weighted by atomic mass is 9.84. The first-order chi connectivity index (χ1) is 10.0. The second-order valence-corrected chi connectivity index (χ2v) is 6.99. The average molecular weight is 295 g/mol. The number of nitrogens with one attached hydrogen (secondary N) is 1. The van der Waals surface area contributed by atoms with E-state index in [2.05, 4.69) is 19.2 Å². The first-order valence-electron chi connectivity index (χ1n) is 8.56. The lowest BCUT2D eigenvalue weighted by molar-refractivity contribution is -0.146. The van der Waals surface area contributed by atoms with Crippen LogP contribution in [-0.4, -0.2) is 23.0 Å². The van der Waals surface area contributed by atoms with Crippen molar-refractivity contribution >= 4 is 11.9 Å². The smallest absolute Gasteiger partial charge is 0.307 e. The van der Waals surface area contributed by atoms with Crippen molar-refractivity contribution in [3.63, 3.8) is 0 Å². The molecule has 2 rings (SSSR count). The Kier molecular flexibility index (Phi) is 5.65. The van der Waals surface area contributed by atoms with Crippen molar-refractivity contribution in [3.05, 3.63) is 0 Å². The molecule has 4 atom stereocenters. The average Bonchev–Trinajstić information content (AvgIpc) is 2.92. The molecule has 0 spiro atoms. The van der Waals surface area contributed by atoms with E-state index in [1.165, 1.54) is 32.1 Å². The Morgan fingerprint density at radius 1 is 1.14 bits per heavy atom. The summed E-state index contributed by atoms with van der Waals surface area (Å²) in [4.78, 5) is 23.9. The van der Waals surface area contributed by atoms with Crippen LogP contribution >= 0.6 is 0 Å². The van der Waals surface area contributed by atoms with Gasteiger partial charge in [-0.25, -0.2) is 0 Å². The van der Waals surface area contributed by atoms with Gasteiger partial charge < -0.3 is 10.4 Å². The van der Waals surface area contributed by atoms with E-state index in [1.807, 2.05) is 0 Å². The number of carbonyl (C=O) groups is 2. The fraction of sp³-hybridized carbons (Fsp3) is 0.882. The van der Waals surface area contributed by atoms with Crippen molar-refractivity contribution in [2.24, 2.45) is 23.7 Å². The summed E-state index contributed by atoms with van der Waals surface area (Å²) in [5.41, 5.74) is 0. The van der Waals surface area contributed by atoms with Crippen LogP contribution in [0.2, 0.25) is 0 Å². The van der Waals surface area contributed by atoms with Crippen molar-refractivity contribution in [1.82, 2.24) is 5.32 Å². The highest BCUT2D eigenvalue weighted by Gasteiger charge is 2.42. The van der Waals surface area contributed by atoms with Crippen LogP contribution in [0.15, 0.2) is 0 Å². The Hall–Kier alpha value is -1.06. The SMILES string of the molecule is CCC1CC(C(=O)O)C(C(=O)N[C@@H](C)C2CCCCC2)C1. The number of carboxylic acid groups (broad SMARTS) is 1. The van der Waals surface area contributed by atoms with Gasteiger partial charge in [-0.15, -0.1) is 0 Å². The molecular weight excluding hydrogens is 266 g/mol. The van der Waals surface area contributed by atoms with Crippen molar-refractivity contribution in [2.45, 2.75) is 71.3 Å². The van der Waals surface area contributed by atoms with Gasteiger partial charge in [-0.2, -0.15) is 0 Å². The topological polar surface area (TPSA) is 66.4 Å². The molecule has 2 fully saturated rings. The van der Waals surface area contributed by atoms with Crippen molar-refractivity contribution in [1.29, 1.82) is 0 Å². The summed E-state index contributed by atoms with van der Waals surface area (Å²) in [6.07, 6.45) is 8.54. The van der Waals surface area contributed by atoms with Gasteiger partial charge >= 0.3 is 5.97 Å². The Bertz CT molecular complexity index is 376. The van der Waals surface area contributed by atoms with E-state index in [1.54, 1.807) is 0 Å². The Balaban J connectivity index is 1.93. The standard InChI is InChI=1S/C17H29NO3/c1-3-12-9-14(15(10-12)17(20)21)16(19)18-11(2)13-7-5-4-6-8-13/h11-15H,3-10H2,1-2H3,(H,18,19)(H,20,21)/t11-,12?,14?,15?/m0/s1. The molecule has 2 saturated carbocycles. The summed E-state index contributed by atoms with van der Waals surface area (Å²) in [6, 6.07) is 0.174. The van der Waals surface area contributed by atoms with Gasteiger partial charge in [-0.05, 0) is 44.4 Å². The number of hydrogen-bond acceptors (Lipinski definition) is 2. The minimum Gasteiger partial charge on any atom is -0.481 e. The summed E-state index contributed by atoms with van der Waals surface area (Å²) in [7, 11) is 0. The van der Waals surface area contributed by atoms with E-state index < -0.39 is 11.9 Å². The van der Waals surface area contributed by atoms with E-state index in [0.717, 1.165) is 12.8 Å². The lowest BCUT2D eigenvalue weighted by Crippen LogP contribution is -2.43. The maximum atomic E-state index is 12.5. The maximum absolute atomic E-state index is 12.5. The highest BCUT2D eigenvalue weighted by Crippen LogP contribution is 2.38. The third-order valence-corrected chi connectivity index (χ3v) is 5.62. The number of hydrogen-bond donors (Lipinski definition) is 2. The van der Waals surface area contributed by atoms with Gasteiger partial charge in [0.25, 0.3) is 0 Å². The summed E-state index contributed by atoms with van der Waals surface area (Å²) in [5.74, 6) is -0.721. The molecular formula is C17H29NO3. The highest BCUT2D eigenvalue weighted by molar-refractivity contribution is 5.85. The molecule has 21 heavy (non-hydrogen) atoms. The van der Waals surface area contributed by atoms with Crippen molar-refractivity contribution in [3.8, 4) is 0 Å². The molecule has 0 bridgehead atoms. The summed E-state index contributed by atoms with van der Waals surface area (Å²) < 4.78 is 0. The molecule has 3 unspecified atom stereocenters. The third kappa shape index (κ3) is 3.98. The van der Waals surface area contributed by atoms with Gasteiger partial charge in [0.15, 0.2) is 0 Å². The van der Waals surface area contributed by atoms with Gasteiger partial charge in [-0.3, -0.25) is 9.59 Å². The predicted octanol–water partition coefficient (Wildman–Crippen LogP) is 3.21. The zero-order valence-corrected chi connectivity index (χ0v) is 13.3. The minimum absolute atomic E-state index is 0.0311. The second-order valence-electron chi connectivity index (χ2n) is 6.99. The van der Waals surface area contributed by atoms with E-state index in [4.69, 9.17) is 0 Å². The first kappa shape index (κ1) is 16.3. The molecule has 0 heterocycles. The van der Waals surface area contributed by atoms with E-state index in [0.29, 0.717) is 18.3 Å². The van der Waals surface area contributed by atoms with Crippen LogP contribution in [0.1, 0.15) is 65.2 Å². The monoisotopic (exact) mass is 295 g/mol. The van der Waals surface area contributed by atoms with Crippen LogP contribution in [0.4, 0.5) is 0 Å². The molecule has 1 amide bonds. The Morgan fingerprint density at radius 2 is 1.76 bits per heavy atom. The molecule has 0 saturated heterocycles. The van der Waals surface area contributed by atoms with Crippen LogP contribution in [0.3, 0.4) is 0 Å². The second kappa shape index (κ2) is 7.28. The first-order valence-corrected chi connectivity index (χ1v) is 8.56. The third-order valence-electron chi connectivity index (χ3n) is 5.62. The zero-order chi connectivity index (χ0) is 15.4. The van der Waals surface area contributed by atoms with Gasteiger partial charge in [0.1, 0.15) is 0 Å². The number of carbonyl (C=O) groups excluding carboxylic acids is 1. The van der Waals surface area contributed by atoms with Crippen LogP contribution < -0.4 is 5.32 Å². The molecule has 0 aliphatic heterocycles. The largest absolute Gasteiger partial charge is 0.481 e. The molecule has 120 valence electrons. The van der Waals surface area contributed by atoms with Crippen LogP contribution in [0.25, 0.3) is 0 Å². The zero-order valence-electron chi connectivity index (χ0n) is 13.3. The molecule has 0 aromatic heterocycles. The quantitative estimate of drug-likeness (QED) is 0.818. The Morgan fingerprint density at radius 3 is 2.33 bits per heavy atom. The van der Waals surface area contributed by atoms with Crippen LogP contribution in [-0.2, 0) is 9.59 Å². The van der Waals surface area contributed by atoms with Gasteiger partial charge in [-0.1, -0.05) is 32.6 Å². The molecule has 4 heteroatoms. The Labute approximate surface area is 127 Å². The molecule has 2 aliphatic carbocycles. The fourth-order valence-corrected chi connectivity index (χ4v) is 4.12. The number of carboxylic acids is 1. The summed E-state index contributed by atoms with van der Waals surface area (Å²) in [6.45, 7) is 4.16. The molecule has 0 aromatic carbocycles. The maximum Gasteiger partial charge on any atom is 0.307 e. The minimum atomic E-state index is -0.809. The van der Waals surface area contributed by atoms with E-state index in [-0.39, 0.29) is 17.9 Å².